The number of ether oxygens (including phenoxy) is 1. The highest BCUT2D eigenvalue weighted by molar-refractivity contribution is 5.94. The molecule has 1 aromatic heterocycles. The number of aromatic nitrogens is 1. The van der Waals surface area contributed by atoms with Crippen molar-refractivity contribution in [2.45, 2.75) is 13.1 Å². The number of hydrogen-bond acceptors (Lipinski definition) is 5. The van der Waals surface area contributed by atoms with E-state index >= 15 is 0 Å². The van der Waals surface area contributed by atoms with Gasteiger partial charge in [0, 0.05) is 37.5 Å². The van der Waals surface area contributed by atoms with Gasteiger partial charge in [-0.3, -0.25) is 4.79 Å². The van der Waals surface area contributed by atoms with Crippen LogP contribution in [0.4, 0.5) is 0 Å². The van der Waals surface area contributed by atoms with Crippen LogP contribution in [-0.2, 0) is 13.1 Å². The molecule has 128 valence electrons. The second kappa shape index (κ2) is 9.00. The zero-order valence-electron chi connectivity index (χ0n) is 14.2. The van der Waals surface area contributed by atoms with Gasteiger partial charge in [0.2, 0.25) is 5.88 Å². The Hall–Kier alpha value is -2.44. The van der Waals surface area contributed by atoms with E-state index in [-0.39, 0.29) is 5.91 Å². The first-order valence-corrected chi connectivity index (χ1v) is 7.88. The molecule has 24 heavy (non-hydrogen) atoms. The highest BCUT2D eigenvalue weighted by atomic mass is 16.5. The molecular formula is C18H24N4O2. The molecule has 2 aromatic rings. The van der Waals surface area contributed by atoms with Gasteiger partial charge in [0.15, 0.2) is 0 Å². The first kappa shape index (κ1) is 17.9. The molecule has 6 nitrogen and oxygen atoms in total. The number of amides is 1. The Morgan fingerprint density at radius 1 is 1.21 bits per heavy atom. The van der Waals surface area contributed by atoms with E-state index in [9.17, 15) is 4.79 Å². The van der Waals surface area contributed by atoms with Gasteiger partial charge in [0.1, 0.15) is 6.61 Å². The third kappa shape index (κ3) is 5.64. The number of benzene rings is 1. The molecule has 1 aromatic carbocycles. The van der Waals surface area contributed by atoms with Gasteiger partial charge in [-0.1, -0.05) is 12.1 Å². The molecule has 0 saturated heterocycles. The Balaban J connectivity index is 1.87. The maximum absolute atomic E-state index is 12.2. The number of carbonyl (C=O) groups is 1. The van der Waals surface area contributed by atoms with Crippen molar-refractivity contribution in [3.8, 4) is 5.88 Å². The van der Waals surface area contributed by atoms with Gasteiger partial charge < -0.3 is 20.7 Å². The van der Waals surface area contributed by atoms with E-state index in [1.807, 2.05) is 43.3 Å². The summed E-state index contributed by atoms with van der Waals surface area (Å²) in [6.07, 6.45) is 1.68. The average molecular weight is 328 g/mol. The van der Waals surface area contributed by atoms with Crippen molar-refractivity contribution in [1.29, 1.82) is 0 Å². The van der Waals surface area contributed by atoms with E-state index in [2.05, 4.69) is 10.3 Å². The molecule has 0 fully saturated rings. The summed E-state index contributed by atoms with van der Waals surface area (Å²) in [6, 6.07) is 11.0. The molecule has 0 spiro atoms. The third-order valence-electron chi connectivity index (χ3n) is 3.49. The lowest BCUT2D eigenvalue weighted by Gasteiger charge is -2.11. The topological polar surface area (TPSA) is 80.5 Å². The number of nitrogens with one attached hydrogen (secondary N) is 1. The second-order valence-electron chi connectivity index (χ2n) is 5.74. The summed E-state index contributed by atoms with van der Waals surface area (Å²) in [5.74, 6) is 0.446. The molecule has 0 bridgehead atoms. The van der Waals surface area contributed by atoms with Crippen molar-refractivity contribution in [3.63, 3.8) is 0 Å². The molecular weight excluding hydrogens is 304 g/mol. The molecule has 6 heteroatoms. The number of carbonyl (C=O) groups excluding carboxylic acids is 1. The Kier molecular flexibility index (Phi) is 6.72. The normalized spacial score (nSPS) is 10.7. The zero-order chi connectivity index (χ0) is 17.4. The number of pyridine rings is 1. The van der Waals surface area contributed by atoms with Crippen LogP contribution in [0.2, 0.25) is 0 Å². The van der Waals surface area contributed by atoms with Crippen LogP contribution in [0.15, 0.2) is 42.6 Å². The Bertz CT molecular complexity index is 656. The summed E-state index contributed by atoms with van der Waals surface area (Å²) in [5, 5.41) is 2.89. The maximum atomic E-state index is 12.2. The lowest BCUT2D eigenvalue weighted by Crippen LogP contribution is -2.23. The maximum Gasteiger partial charge on any atom is 0.251 e. The minimum Gasteiger partial charge on any atom is -0.476 e. The Morgan fingerprint density at radius 3 is 2.62 bits per heavy atom. The third-order valence-corrected chi connectivity index (χ3v) is 3.49. The van der Waals surface area contributed by atoms with Gasteiger partial charge >= 0.3 is 0 Å². The number of likely N-dealkylation sites (N-methyl/N-ethyl adjacent to an activating group) is 1. The molecule has 0 aliphatic heterocycles. The molecule has 0 aliphatic carbocycles. The molecule has 1 amide bonds. The fraction of sp³-hybridized carbons (Fsp3) is 0.333. The van der Waals surface area contributed by atoms with Gasteiger partial charge in [-0.15, -0.1) is 0 Å². The molecule has 0 saturated carbocycles. The SMILES string of the molecule is CN(C)CCOc1cc(CNC(=O)c2ccc(CN)cc2)ccn1. The summed E-state index contributed by atoms with van der Waals surface area (Å²) in [5.41, 5.74) is 8.11. The van der Waals surface area contributed by atoms with Crippen molar-refractivity contribution in [1.82, 2.24) is 15.2 Å². The first-order chi connectivity index (χ1) is 11.6. The number of hydrogen-bond donors (Lipinski definition) is 2. The van der Waals surface area contributed by atoms with Crippen LogP contribution in [0, 0.1) is 0 Å². The predicted molar refractivity (Wildman–Crippen MR) is 93.8 cm³/mol. The van der Waals surface area contributed by atoms with Gasteiger partial charge in [-0.25, -0.2) is 4.98 Å². The minimum atomic E-state index is -0.120. The van der Waals surface area contributed by atoms with Crippen LogP contribution in [0.3, 0.4) is 0 Å². The number of nitrogens with zero attached hydrogens (tertiary/aromatic N) is 2. The van der Waals surface area contributed by atoms with E-state index < -0.39 is 0 Å². The summed E-state index contributed by atoms with van der Waals surface area (Å²) in [6.45, 7) is 2.28. The molecule has 0 aliphatic rings. The number of rotatable bonds is 8. The highest BCUT2D eigenvalue weighted by Gasteiger charge is 2.06. The summed E-state index contributed by atoms with van der Waals surface area (Å²) >= 11 is 0. The Labute approximate surface area is 142 Å². The fourth-order valence-corrected chi connectivity index (χ4v) is 2.05. The Morgan fingerprint density at radius 2 is 1.96 bits per heavy atom. The summed E-state index contributed by atoms with van der Waals surface area (Å²) in [7, 11) is 3.98. The lowest BCUT2D eigenvalue weighted by atomic mass is 10.1. The van der Waals surface area contributed by atoms with E-state index in [1.165, 1.54) is 0 Å². The van der Waals surface area contributed by atoms with Crippen molar-refractivity contribution in [3.05, 3.63) is 59.3 Å². The van der Waals surface area contributed by atoms with Crippen LogP contribution in [0.1, 0.15) is 21.5 Å². The number of nitrogens with two attached hydrogens (primary N) is 1. The molecule has 0 atom stereocenters. The quantitative estimate of drug-likeness (QED) is 0.766. The lowest BCUT2D eigenvalue weighted by molar-refractivity contribution is 0.0951. The van der Waals surface area contributed by atoms with Crippen molar-refractivity contribution >= 4 is 5.91 Å². The molecule has 3 N–H and O–H groups in total. The molecule has 2 rings (SSSR count). The van der Waals surface area contributed by atoms with E-state index in [0.29, 0.717) is 31.1 Å². The van der Waals surface area contributed by atoms with Crippen molar-refractivity contribution in [2.24, 2.45) is 5.73 Å². The average Bonchev–Trinajstić information content (AvgIpc) is 2.60. The van der Waals surface area contributed by atoms with Crippen molar-refractivity contribution in [2.75, 3.05) is 27.2 Å². The highest BCUT2D eigenvalue weighted by Crippen LogP contribution is 2.10. The molecule has 1 heterocycles. The van der Waals surface area contributed by atoms with Crippen LogP contribution in [0.25, 0.3) is 0 Å². The minimum absolute atomic E-state index is 0.120. The van der Waals surface area contributed by atoms with E-state index in [0.717, 1.165) is 17.7 Å². The van der Waals surface area contributed by atoms with Crippen LogP contribution < -0.4 is 15.8 Å². The summed E-state index contributed by atoms with van der Waals surface area (Å²) < 4.78 is 5.60. The van der Waals surface area contributed by atoms with Gasteiger partial charge in [-0.05, 0) is 43.4 Å². The fourth-order valence-electron chi connectivity index (χ4n) is 2.05. The second-order valence-corrected chi connectivity index (χ2v) is 5.74. The smallest absolute Gasteiger partial charge is 0.251 e. The van der Waals surface area contributed by atoms with Gasteiger partial charge in [-0.2, -0.15) is 0 Å². The van der Waals surface area contributed by atoms with E-state index in [4.69, 9.17) is 10.5 Å². The summed E-state index contributed by atoms with van der Waals surface area (Å²) in [4.78, 5) is 18.4. The largest absolute Gasteiger partial charge is 0.476 e. The molecule has 0 unspecified atom stereocenters. The standard InChI is InChI=1S/C18H24N4O2/c1-22(2)9-10-24-17-11-15(7-8-20-17)13-21-18(23)16-5-3-14(12-19)4-6-16/h3-8,11H,9-10,12-13,19H2,1-2H3,(H,21,23). The van der Waals surface area contributed by atoms with E-state index in [1.54, 1.807) is 18.3 Å². The first-order valence-electron chi connectivity index (χ1n) is 7.88. The van der Waals surface area contributed by atoms with Gasteiger partial charge in [0.05, 0.1) is 0 Å². The monoisotopic (exact) mass is 328 g/mol. The van der Waals surface area contributed by atoms with Crippen LogP contribution in [-0.4, -0.2) is 43.0 Å². The van der Waals surface area contributed by atoms with Crippen LogP contribution in [0.5, 0.6) is 5.88 Å². The van der Waals surface area contributed by atoms with Crippen molar-refractivity contribution < 1.29 is 9.53 Å². The molecule has 0 radical (unpaired) electrons. The predicted octanol–water partition coefficient (Wildman–Crippen LogP) is 1.41. The van der Waals surface area contributed by atoms with Gasteiger partial charge in [0.25, 0.3) is 5.91 Å². The van der Waals surface area contributed by atoms with Crippen LogP contribution >= 0.6 is 0 Å². The zero-order valence-corrected chi connectivity index (χ0v) is 14.2.